The molecule has 0 aromatic heterocycles. The Labute approximate surface area is 218 Å². The first-order valence-corrected chi connectivity index (χ1v) is 11.7. The molecule has 0 saturated carbocycles. The molecule has 0 spiro atoms. The average molecular weight is 764 g/mol. The molecule has 0 saturated heterocycles. The van der Waals surface area contributed by atoms with Crippen LogP contribution in [0.5, 0.6) is 11.5 Å². The van der Waals surface area contributed by atoms with Crippen LogP contribution in [-0.4, -0.2) is 47.9 Å². The molecule has 2 aromatic rings. The molecule has 0 aliphatic rings. The van der Waals surface area contributed by atoms with Crippen molar-refractivity contribution in [2.45, 2.75) is 0 Å². The molecule has 0 heterocycles. The third-order valence-electron chi connectivity index (χ3n) is 3.70. The summed E-state index contributed by atoms with van der Waals surface area (Å²) in [5.74, 6) is -2.52. The summed E-state index contributed by atoms with van der Waals surface area (Å²) in [6.45, 7) is 2.62. The van der Waals surface area contributed by atoms with Crippen molar-refractivity contribution >= 4 is 91.8 Å². The number of rotatable bonds is 9. The first-order valence-electron chi connectivity index (χ1n) is 8.47. The van der Waals surface area contributed by atoms with E-state index in [0.717, 1.165) is 0 Å². The molecular weight excluding hydrogens is 749 g/mol. The molecule has 0 fully saturated rings. The van der Waals surface area contributed by atoms with E-state index in [4.69, 9.17) is 19.3 Å². The van der Waals surface area contributed by atoms with E-state index in [9.17, 15) is 19.5 Å². The summed E-state index contributed by atoms with van der Waals surface area (Å²) in [6.07, 6.45) is 1.52. The van der Waals surface area contributed by atoms with Crippen LogP contribution in [-0.2, 0) is 14.3 Å². The Hall–Kier alpha value is -1.62. The fraction of sp³-hybridized carbons (Fsp3) is 0.150. The van der Waals surface area contributed by atoms with Crippen LogP contribution < -0.4 is 4.74 Å². The van der Waals surface area contributed by atoms with Gasteiger partial charge >= 0.3 is 17.9 Å². The van der Waals surface area contributed by atoms with Gasteiger partial charge in [-0.1, -0.05) is 18.7 Å². The number of hydrogen-bond donors (Lipinski definition) is 2. The summed E-state index contributed by atoms with van der Waals surface area (Å²) >= 11 is 5.86. The molecule has 164 valence electrons. The van der Waals surface area contributed by atoms with E-state index in [0.29, 0.717) is 16.3 Å². The second kappa shape index (κ2) is 11.8. The van der Waals surface area contributed by atoms with E-state index in [1.54, 1.807) is 12.1 Å². The van der Waals surface area contributed by atoms with Crippen LogP contribution in [0.1, 0.15) is 26.3 Å². The number of phenolic OH excluding ortho intramolecular Hbond substituents is 1. The van der Waals surface area contributed by atoms with Crippen molar-refractivity contribution in [3.63, 3.8) is 0 Å². The van der Waals surface area contributed by atoms with Crippen molar-refractivity contribution in [1.29, 1.82) is 0 Å². The van der Waals surface area contributed by atoms with Gasteiger partial charge in [0.05, 0.1) is 12.7 Å². The van der Waals surface area contributed by atoms with E-state index in [1.807, 2.05) is 67.8 Å². The van der Waals surface area contributed by atoms with Crippen molar-refractivity contribution in [3.8, 4) is 11.5 Å². The lowest BCUT2D eigenvalue weighted by Crippen LogP contribution is -2.17. The molecule has 0 amide bonds. The number of carbonyl (C=O) groups is 3. The minimum atomic E-state index is -1.14. The van der Waals surface area contributed by atoms with Gasteiger partial charge in [0, 0.05) is 3.57 Å². The van der Waals surface area contributed by atoms with Gasteiger partial charge in [-0.2, -0.15) is 0 Å². The van der Waals surface area contributed by atoms with E-state index >= 15 is 0 Å². The van der Waals surface area contributed by atoms with Crippen molar-refractivity contribution in [3.05, 3.63) is 58.2 Å². The Kier molecular flexibility index (Phi) is 9.80. The molecule has 11 heteroatoms. The zero-order chi connectivity index (χ0) is 23.1. The Morgan fingerprint density at radius 3 is 2.26 bits per heavy atom. The highest BCUT2D eigenvalue weighted by atomic mass is 127. The topological polar surface area (TPSA) is 119 Å². The molecule has 0 unspecified atom stereocenters. The predicted octanol–water partition coefficient (Wildman–Crippen LogP) is 4.33. The number of carboxylic acids is 1. The van der Waals surface area contributed by atoms with Crippen LogP contribution in [0.3, 0.4) is 0 Å². The molecule has 2 rings (SSSR count). The normalized spacial score (nSPS) is 10.3. The van der Waals surface area contributed by atoms with Gasteiger partial charge in [0.2, 0.25) is 0 Å². The fourth-order valence-corrected chi connectivity index (χ4v) is 6.41. The zero-order valence-electron chi connectivity index (χ0n) is 15.7. The van der Waals surface area contributed by atoms with Crippen LogP contribution >= 0.6 is 67.8 Å². The Balaban J connectivity index is 2.01. The van der Waals surface area contributed by atoms with E-state index in [2.05, 4.69) is 6.58 Å². The van der Waals surface area contributed by atoms with Crippen molar-refractivity contribution < 1.29 is 38.8 Å². The molecule has 2 aromatic carbocycles. The Bertz CT molecular complexity index is 1040. The van der Waals surface area contributed by atoms with Crippen LogP contribution in [0.15, 0.2) is 30.8 Å². The first kappa shape index (κ1) is 25.6. The Morgan fingerprint density at radius 1 is 1.00 bits per heavy atom. The smallest absolute Gasteiger partial charge is 0.342 e. The highest BCUT2D eigenvalue weighted by molar-refractivity contribution is 14.1. The van der Waals surface area contributed by atoms with Crippen molar-refractivity contribution in [2.24, 2.45) is 0 Å². The summed E-state index contributed by atoms with van der Waals surface area (Å²) in [5, 5.41) is 18.6. The van der Waals surface area contributed by atoms with Gasteiger partial charge in [0.25, 0.3) is 0 Å². The lowest BCUT2D eigenvalue weighted by molar-refractivity contribution is -0.139. The van der Waals surface area contributed by atoms with Gasteiger partial charge in [-0.15, -0.1) is 0 Å². The second-order valence-corrected chi connectivity index (χ2v) is 9.20. The van der Waals surface area contributed by atoms with E-state index < -0.39 is 24.5 Å². The highest BCUT2D eigenvalue weighted by Gasteiger charge is 2.23. The lowest BCUT2D eigenvalue weighted by atomic mass is 10.1. The number of aliphatic carboxylic acids is 1. The van der Waals surface area contributed by atoms with Crippen LogP contribution in [0, 0.1) is 10.7 Å². The summed E-state index contributed by atoms with van der Waals surface area (Å²) in [5.41, 5.74) is 0.843. The number of benzene rings is 2. The number of carboxylic acid groups (broad SMARTS) is 1. The molecule has 0 aliphatic carbocycles. The van der Waals surface area contributed by atoms with Crippen molar-refractivity contribution in [2.75, 3.05) is 19.8 Å². The van der Waals surface area contributed by atoms with Crippen LogP contribution in [0.25, 0.3) is 6.08 Å². The molecule has 0 radical (unpaired) electrons. The summed E-state index contributed by atoms with van der Waals surface area (Å²) in [6, 6.07) is 6.07. The quantitative estimate of drug-likeness (QED) is 0.220. The Morgan fingerprint density at radius 2 is 1.65 bits per heavy atom. The van der Waals surface area contributed by atoms with Gasteiger partial charge < -0.3 is 24.4 Å². The fourth-order valence-electron chi connectivity index (χ4n) is 2.29. The lowest BCUT2D eigenvalue weighted by Gasteiger charge is -2.14. The van der Waals surface area contributed by atoms with E-state index in [-0.39, 0.29) is 35.8 Å². The van der Waals surface area contributed by atoms with Gasteiger partial charge in [0.1, 0.15) is 30.3 Å². The van der Waals surface area contributed by atoms with Crippen LogP contribution in [0.2, 0.25) is 0 Å². The minimum absolute atomic E-state index is 0.0225. The van der Waals surface area contributed by atoms with Crippen molar-refractivity contribution in [1.82, 2.24) is 0 Å². The van der Waals surface area contributed by atoms with Gasteiger partial charge in [0.15, 0.2) is 6.61 Å². The molecule has 31 heavy (non-hydrogen) atoms. The number of carbonyl (C=O) groups excluding carboxylic acids is 2. The maximum Gasteiger partial charge on any atom is 0.342 e. The molecule has 0 atom stereocenters. The zero-order valence-corrected chi connectivity index (χ0v) is 22.2. The van der Waals surface area contributed by atoms with Gasteiger partial charge in [-0.3, -0.25) is 0 Å². The first-order chi connectivity index (χ1) is 14.6. The number of halogens is 3. The average Bonchev–Trinajstić information content (AvgIpc) is 2.70. The minimum Gasteiger partial charge on any atom is -0.507 e. The molecule has 0 bridgehead atoms. The molecule has 8 nitrogen and oxygen atoms in total. The third-order valence-corrected chi connectivity index (χ3v) is 6.38. The SMILES string of the molecule is C=Cc1ccc(O)c(C(=O)OCCOC(=O)c2c(I)cc(I)c(OCC(=O)O)c2I)c1. The van der Waals surface area contributed by atoms with E-state index in [1.165, 1.54) is 18.2 Å². The number of hydrogen-bond acceptors (Lipinski definition) is 7. The van der Waals surface area contributed by atoms with Gasteiger partial charge in [-0.25, -0.2) is 14.4 Å². The number of aromatic hydroxyl groups is 1. The largest absolute Gasteiger partial charge is 0.507 e. The summed E-state index contributed by atoms with van der Waals surface area (Å²) in [7, 11) is 0. The standard InChI is InChI=1S/C20H15I3O8/c1-2-10-3-4-14(24)11(7-10)19(27)29-5-6-30-20(28)16-12(21)8-13(22)18(17(16)23)31-9-15(25)26/h2-4,7-8,24H,1,5-6,9H2,(H,25,26). The monoisotopic (exact) mass is 764 g/mol. The number of phenols is 1. The summed E-state index contributed by atoms with van der Waals surface area (Å²) in [4.78, 5) is 35.5. The van der Waals surface area contributed by atoms with Crippen LogP contribution in [0.4, 0.5) is 0 Å². The second-order valence-electron chi connectivity index (χ2n) is 5.79. The number of ether oxygens (including phenoxy) is 3. The maximum atomic E-state index is 12.5. The maximum absolute atomic E-state index is 12.5. The summed E-state index contributed by atoms with van der Waals surface area (Å²) < 4.78 is 17.2. The highest BCUT2D eigenvalue weighted by Crippen LogP contribution is 2.34. The van der Waals surface area contributed by atoms with Gasteiger partial charge in [-0.05, 0) is 91.5 Å². The number of esters is 2. The molecule has 0 aliphatic heterocycles. The molecular formula is C20H15I3O8. The predicted molar refractivity (Wildman–Crippen MR) is 136 cm³/mol. The third kappa shape index (κ3) is 6.93. The molecule has 2 N–H and O–H groups in total.